The zero-order chi connectivity index (χ0) is 20.7. The molecule has 0 amide bonds. The summed E-state index contributed by atoms with van der Waals surface area (Å²) in [7, 11) is 3.67. The van der Waals surface area contributed by atoms with Gasteiger partial charge in [0.05, 0.1) is 18.8 Å². The minimum absolute atomic E-state index is 0. The van der Waals surface area contributed by atoms with Crippen LogP contribution in [0.15, 0.2) is 34.6 Å². The number of aliphatic imine (C=N–C) groups is 1. The molecule has 1 heterocycles. The van der Waals surface area contributed by atoms with E-state index in [0.29, 0.717) is 18.7 Å². The van der Waals surface area contributed by atoms with Crippen LogP contribution in [0.4, 0.5) is 4.39 Å². The summed E-state index contributed by atoms with van der Waals surface area (Å²) in [5, 5.41) is 6.33. The lowest BCUT2D eigenvalue weighted by atomic mass is 9.84. The summed E-state index contributed by atoms with van der Waals surface area (Å²) in [5.74, 6) is 0.588. The third kappa shape index (κ3) is 7.18. The molecule has 1 atom stereocenters. The smallest absolute Gasteiger partial charge is 0.194 e. The predicted octanol–water partition coefficient (Wildman–Crippen LogP) is 4.98. The van der Waals surface area contributed by atoms with Gasteiger partial charge in [0.25, 0.3) is 0 Å². The Balaban J connectivity index is 0.00000420. The van der Waals surface area contributed by atoms with E-state index in [-0.39, 0.29) is 35.9 Å². The summed E-state index contributed by atoms with van der Waals surface area (Å²) < 4.78 is 19.5. The Bertz CT molecular complexity index is 796. The van der Waals surface area contributed by atoms with E-state index >= 15 is 0 Å². The fraction of sp³-hybridized carbons (Fsp3) is 0.524. The van der Waals surface area contributed by atoms with Crippen LogP contribution in [0.25, 0.3) is 0 Å². The van der Waals surface area contributed by atoms with Crippen molar-refractivity contribution in [1.82, 2.24) is 15.2 Å². The zero-order valence-electron chi connectivity index (χ0n) is 18.0. The molecule has 1 aromatic heterocycles. The minimum Gasteiger partial charge on any atom is -0.375 e. The maximum absolute atomic E-state index is 14.2. The van der Waals surface area contributed by atoms with E-state index < -0.39 is 5.41 Å². The van der Waals surface area contributed by atoms with Crippen LogP contribution in [0, 0.1) is 5.82 Å². The second kappa shape index (κ2) is 11.8. The van der Waals surface area contributed by atoms with Crippen molar-refractivity contribution in [2.45, 2.75) is 45.8 Å². The number of halogens is 2. The monoisotopic (exact) mass is 534 g/mol. The Morgan fingerprint density at radius 3 is 2.69 bits per heavy atom. The van der Waals surface area contributed by atoms with Gasteiger partial charge in [0.15, 0.2) is 5.96 Å². The molecule has 2 aromatic rings. The maximum Gasteiger partial charge on any atom is 0.194 e. The van der Waals surface area contributed by atoms with Crippen LogP contribution >= 0.6 is 35.3 Å². The molecule has 1 unspecified atom stereocenters. The van der Waals surface area contributed by atoms with E-state index in [1.54, 1.807) is 24.5 Å². The van der Waals surface area contributed by atoms with Gasteiger partial charge in [-0.2, -0.15) is 0 Å². The summed E-state index contributed by atoms with van der Waals surface area (Å²) in [6.45, 7) is 9.92. The number of benzene rings is 1. The van der Waals surface area contributed by atoms with Crippen LogP contribution in [0.5, 0.6) is 0 Å². The van der Waals surface area contributed by atoms with E-state index in [2.05, 4.69) is 10.3 Å². The number of guanidine groups is 1. The maximum atomic E-state index is 14.2. The fourth-order valence-electron chi connectivity index (χ4n) is 2.84. The van der Waals surface area contributed by atoms with Gasteiger partial charge in [-0.05, 0) is 25.5 Å². The lowest BCUT2D eigenvalue weighted by molar-refractivity contribution is 0.119. The molecule has 29 heavy (non-hydrogen) atoms. The van der Waals surface area contributed by atoms with Gasteiger partial charge in [-0.3, -0.25) is 4.99 Å². The first-order valence-corrected chi connectivity index (χ1v) is 10.4. The molecule has 0 radical (unpaired) electrons. The van der Waals surface area contributed by atoms with Crippen molar-refractivity contribution < 1.29 is 9.13 Å². The molecule has 8 heteroatoms. The molecule has 1 N–H and O–H groups in total. The molecule has 0 saturated carbocycles. The third-order valence-electron chi connectivity index (χ3n) is 4.59. The largest absolute Gasteiger partial charge is 0.375 e. The number of hydrogen-bond donors (Lipinski definition) is 1. The van der Waals surface area contributed by atoms with Crippen molar-refractivity contribution in [3.8, 4) is 0 Å². The lowest BCUT2D eigenvalue weighted by Gasteiger charge is -2.26. The predicted molar refractivity (Wildman–Crippen MR) is 130 cm³/mol. The number of nitrogens with one attached hydrogen (secondary N) is 1. The molecule has 0 aliphatic rings. The highest BCUT2D eigenvalue weighted by Crippen LogP contribution is 2.26. The van der Waals surface area contributed by atoms with Crippen molar-refractivity contribution >= 4 is 41.3 Å². The molecule has 0 bridgehead atoms. The summed E-state index contributed by atoms with van der Waals surface area (Å²) >= 11 is 1.60. The first kappa shape index (κ1) is 25.8. The SMILES string of the molecule is CCNC(=NCC(C)(C)c1ccccc1F)N(C)Cc1csc(C(C)OC)n1.I. The van der Waals surface area contributed by atoms with Crippen molar-refractivity contribution in [1.29, 1.82) is 0 Å². The number of nitrogens with zero attached hydrogens (tertiary/aromatic N) is 3. The van der Waals surface area contributed by atoms with Gasteiger partial charge in [0.2, 0.25) is 0 Å². The average molecular weight is 534 g/mol. The number of aromatic nitrogens is 1. The molecule has 5 nitrogen and oxygen atoms in total. The molecule has 0 fully saturated rings. The Hall–Kier alpha value is -1.26. The molecular formula is C21H32FIN4OS. The van der Waals surface area contributed by atoms with Gasteiger partial charge in [-0.25, -0.2) is 9.37 Å². The molecule has 1 aromatic carbocycles. The second-order valence-corrected chi connectivity index (χ2v) is 8.33. The quantitative estimate of drug-likeness (QED) is 0.295. The summed E-state index contributed by atoms with van der Waals surface area (Å²) in [5.41, 5.74) is 1.24. The fourth-order valence-corrected chi connectivity index (χ4v) is 3.68. The van der Waals surface area contributed by atoms with Crippen LogP contribution in [-0.4, -0.2) is 43.1 Å². The van der Waals surface area contributed by atoms with Gasteiger partial charge >= 0.3 is 0 Å². The average Bonchev–Trinajstić information content (AvgIpc) is 3.13. The van der Waals surface area contributed by atoms with Crippen LogP contribution < -0.4 is 5.32 Å². The topological polar surface area (TPSA) is 49.8 Å². The van der Waals surface area contributed by atoms with Gasteiger partial charge < -0.3 is 15.0 Å². The standard InChI is InChI=1S/C21H31FN4OS.HI/c1-7-23-20(24-14-21(3,4)17-10-8-9-11-18(17)22)26(5)12-16-13-28-19(25-16)15(2)27-6;/h8-11,13,15H,7,12,14H2,1-6H3,(H,23,24);1H. The van der Waals surface area contributed by atoms with E-state index in [9.17, 15) is 4.39 Å². The normalized spacial score (nSPS) is 13.0. The van der Waals surface area contributed by atoms with Crippen molar-refractivity contribution in [3.05, 3.63) is 51.7 Å². The van der Waals surface area contributed by atoms with E-state index in [1.165, 1.54) is 6.07 Å². The minimum atomic E-state index is -0.408. The van der Waals surface area contributed by atoms with Crippen LogP contribution in [-0.2, 0) is 16.7 Å². The molecule has 2 rings (SSSR count). The third-order valence-corrected chi connectivity index (χ3v) is 5.65. The Morgan fingerprint density at radius 1 is 1.38 bits per heavy atom. The highest BCUT2D eigenvalue weighted by atomic mass is 127. The molecule has 162 valence electrons. The van der Waals surface area contributed by atoms with Gasteiger partial charge in [0, 0.05) is 31.5 Å². The summed E-state index contributed by atoms with van der Waals surface area (Å²) in [6.07, 6.45) is -0.00692. The van der Waals surface area contributed by atoms with E-state index in [1.807, 2.05) is 57.2 Å². The van der Waals surface area contributed by atoms with Crippen molar-refractivity contribution in [3.63, 3.8) is 0 Å². The molecule has 0 aliphatic carbocycles. The van der Waals surface area contributed by atoms with Gasteiger partial charge in [0.1, 0.15) is 16.9 Å². The van der Waals surface area contributed by atoms with Gasteiger partial charge in [-0.15, -0.1) is 35.3 Å². The number of ether oxygens (including phenoxy) is 1. The van der Waals surface area contributed by atoms with Crippen molar-refractivity contribution in [2.75, 3.05) is 27.2 Å². The van der Waals surface area contributed by atoms with E-state index in [0.717, 1.165) is 23.2 Å². The number of rotatable bonds is 8. The molecule has 0 saturated heterocycles. The Labute approximate surface area is 194 Å². The Kier molecular flexibility index (Phi) is 10.5. The summed E-state index contributed by atoms with van der Waals surface area (Å²) in [4.78, 5) is 11.5. The second-order valence-electron chi connectivity index (χ2n) is 7.44. The summed E-state index contributed by atoms with van der Waals surface area (Å²) in [6, 6.07) is 6.90. The number of thiazole rings is 1. The Morgan fingerprint density at radius 2 is 2.07 bits per heavy atom. The zero-order valence-corrected chi connectivity index (χ0v) is 21.2. The molecular weight excluding hydrogens is 502 g/mol. The lowest BCUT2D eigenvalue weighted by Crippen LogP contribution is -2.39. The van der Waals surface area contributed by atoms with Crippen LogP contribution in [0.1, 0.15) is 50.1 Å². The molecule has 0 spiro atoms. The number of hydrogen-bond acceptors (Lipinski definition) is 4. The van der Waals surface area contributed by atoms with E-state index in [4.69, 9.17) is 9.73 Å². The highest BCUT2D eigenvalue weighted by Gasteiger charge is 2.24. The van der Waals surface area contributed by atoms with Crippen molar-refractivity contribution in [2.24, 2.45) is 4.99 Å². The van der Waals surface area contributed by atoms with Crippen LogP contribution in [0.3, 0.4) is 0 Å². The number of methoxy groups -OCH3 is 1. The molecule has 0 aliphatic heterocycles. The van der Waals surface area contributed by atoms with Crippen LogP contribution in [0.2, 0.25) is 0 Å². The first-order chi connectivity index (χ1) is 13.3. The highest BCUT2D eigenvalue weighted by molar-refractivity contribution is 14.0. The first-order valence-electron chi connectivity index (χ1n) is 9.50. The van der Waals surface area contributed by atoms with Gasteiger partial charge in [-0.1, -0.05) is 32.0 Å².